The first-order chi connectivity index (χ1) is 17.3. The molecule has 4 atom stereocenters. The molecule has 11 N–H and O–H groups in total. The standard InChI is InChI=1S/C21H36N8O8/c1-11(27-18(34)12(22)6-7-16(31)32)17(33)26-10-15(30)29-9-3-5-14(29)19(35)28-13(20(36)37)4-2-8-25-21(23)24/h11-14H,2-10,22H2,1H3,(H,26,33)(H,27,34)(H,28,35)(H,31,32)(H,36,37)(H4,23,24,25)/t11-,12-,13-,14-/m0/s1. The number of hydrogen-bond donors (Lipinski definition) is 8. The zero-order valence-corrected chi connectivity index (χ0v) is 20.6. The SMILES string of the molecule is C[C@H](NC(=O)[C@@H](N)CCC(=O)O)C(=O)NCC(=O)N1CCC[C@H]1C(=O)N[C@@H](CCCN=C(N)N)C(=O)O. The Hall–Kier alpha value is -3.95. The van der Waals surface area contributed by atoms with Gasteiger partial charge >= 0.3 is 11.9 Å². The molecule has 1 fully saturated rings. The molecule has 1 aliphatic rings. The van der Waals surface area contributed by atoms with E-state index in [1.54, 1.807) is 0 Å². The summed E-state index contributed by atoms with van der Waals surface area (Å²) in [5.41, 5.74) is 16.1. The van der Waals surface area contributed by atoms with Crippen LogP contribution in [0.15, 0.2) is 4.99 Å². The molecule has 4 amide bonds. The molecule has 0 bridgehead atoms. The first-order valence-corrected chi connectivity index (χ1v) is 11.8. The highest BCUT2D eigenvalue weighted by molar-refractivity contribution is 5.94. The number of carbonyl (C=O) groups is 6. The molecule has 0 radical (unpaired) electrons. The zero-order chi connectivity index (χ0) is 28.1. The summed E-state index contributed by atoms with van der Waals surface area (Å²) in [7, 11) is 0. The van der Waals surface area contributed by atoms with Gasteiger partial charge in [0, 0.05) is 19.5 Å². The van der Waals surface area contributed by atoms with Crippen LogP contribution >= 0.6 is 0 Å². The van der Waals surface area contributed by atoms with Gasteiger partial charge in [-0.25, -0.2) is 4.79 Å². The van der Waals surface area contributed by atoms with E-state index < -0.39 is 66.3 Å². The van der Waals surface area contributed by atoms with Crippen molar-refractivity contribution in [2.24, 2.45) is 22.2 Å². The fraction of sp³-hybridized carbons (Fsp3) is 0.667. The van der Waals surface area contributed by atoms with Crippen molar-refractivity contribution in [1.29, 1.82) is 0 Å². The second-order valence-electron chi connectivity index (χ2n) is 8.58. The summed E-state index contributed by atoms with van der Waals surface area (Å²) in [4.78, 5) is 76.8. The van der Waals surface area contributed by atoms with Crippen LogP contribution < -0.4 is 33.2 Å². The molecule has 0 aromatic carbocycles. The molecule has 208 valence electrons. The van der Waals surface area contributed by atoms with Crippen LogP contribution in [0.3, 0.4) is 0 Å². The zero-order valence-electron chi connectivity index (χ0n) is 20.6. The van der Waals surface area contributed by atoms with Gasteiger partial charge in [-0.1, -0.05) is 0 Å². The van der Waals surface area contributed by atoms with Gasteiger partial charge < -0.3 is 48.3 Å². The quantitative estimate of drug-likeness (QED) is 0.0584. The summed E-state index contributed by atoms with van der Waals surface area (Å²) in [6, 6.07) is -4.25. The van der Waals surface area contributed by atoms with Crippen LogP contribution in [0.2, 0.25) is 0 Å². The maximum Gasteiger partial charge on any atom is 0.326 e. The van der Waals surface area contributed by atoms with Gasteiger partial charge in [0.2, 0.25) is 23.6 Å². The average molecular weight is 529 g/mol. The summed E-state index contributed by atoms with van der Waals surface area (Å²) in [6.07, 6.45) is 0.823. The number of rotatable bonds is 15. The van der Waals surface area contributed by atoms with Crippen LogP contribution in [0, 0.1) is 0 Å². The first kappa shape index (κ1) is 31.1. The lowest BCUT2D eigenvalue weighted by atomic mass is 10.1. The highest BCUT2D eigenvalue weighted by atomic mass is 16.4. The first-order valence-electron chi connectivity index (χ1n) is 11.8. The summed E-state index contributed by atoms with van der Waals surface area (Å²) in [5, 5.41) is 25.2. The van der Waals surface area contributed by atoms with Crippen molar-refractivity contribution in [2.45, 2.75) is 69.6 Å². The normalized spacial score (nSPS) is 17.1. The lowest BCUT2D eigenvalue weighted by molar-refractivity contribution is -0.144. The molecule has 0 saturated carbocycles. The molecular weight excluding hydrogens is 492 g/mol. The van der Waals surface area contributed by atoms with E-state index in [2.05, 4.69) is 20.9 Å². The Morgan fingerprint density at radius 1 is 1.05 bits per heavy atom. The van der Waals surface area contributed by atoms with Gasteiger partial charge in [0.15, 0.2) is 5.96 Å². The maximum atomic E-state index is 12.7. The minimum absolute atomic E-state index is 0.0815. The number of carboxylic acids is 2. The lowest BCUT2D eigenvalue weighted by Gasteiger charge is -2.26. The predicted molar refractivity (Wildman–Crippen MR) is 130 cm³/mol. The maximum absolute atomic E-state index is 12.7. The van der Waals surface area contributed by atoms with Crippen LogP contribution in [0.5, 0.6) is 0 Å². The van der Waals surface area contributed by atoms with E-state index in [4.69, 9.17) is 22.3 Å². The van der Waals surface area contributed by atoms with Crippen molar-refractivity contribution in [1.82, 2.24) is 20.9 Å². The smallest absolute Gasteiger partial charge is 0.326 e. The van der Waals surface area contributed by atoms with Gasteiger partial charge in [0.05, 0.1) is 12.6 Å². The van der Waals surface area contributed by atoms with E-state index in [1.807, 2.05) is 0 Å². The van der Waals surface area contributed by atoms with Gasteiger partial charge in [-0.15, -0.1) is 0 Å². The summed E-state index contributed by atoms with van der Waals surface area (Å²) in [6.45, 7) is 1.37. The Morgan fingerprint density at radius 3 is 2.32 bits per heavy atom. The Morgan fingerprint density at radius 2 is 1.73 bits per heavy atom. The van der Waals surface area contributed by atoms with Gasteiger partial charge in [-0.05, 0) is 39.0 Å². The largest absolute Gasteiger partial charge is 0.481 e. The summed E-state index contributed by atoms with van der Waals surface area (Å²) in [5.74, 6) is -5.04. The van der Waals surface area contributed by atoms with Gasteiger partial charge in [-0.2, -0.15) is 0 Å². The van der Waals surface area contributed by atoms with E-state index in [1.165, 1.54) is 11.8 Å². The second kappa shape index (κ2) is 15.2. The molecule has 0 aromatic rings. The number of hydrogen-bond acceptors (Lipinski definition) is 8. The Bertz CT molecular complexity index is 892. The van der Waals surface area contributed by atoms with E-state index in [0.29, 0.717) is 19.3 Å². The summed E-state index contributed by atoms with van der Waals surface area (Å²) >= 11 is 0. The highest BCUT2D eigenvalue weighted by Gasteiger charge is 2.36. The molecule has 37 heavy (non-hydrogen) atoms. The number of nitrogens with one attached hydrogen (secondary N) is 3. The lowest BCUT2D eigenvalue weighted by Crippen LogP contribution is -2.54. The minimum Gasteiger partial charge on any atom is -0.481 e. The van der Waals surface area contributed by atoms with Crippen LogP contribution in [0.4, 0.5) is 0 Å². The third-order valence-corrected chi connectivity index (χ3v) is 5.61. The number of likely N-dealkylation sites (tertiary alicyclic amines) is 1. The number of aliphatic carboxylic acids is 2. The Balaban J connectivity index is 2.58. The number of nitrogens with two attached hydrogens (primary N) is 3. The third-order valence-electron chi connectivity index (χ3n) is 5.61. The van der Waals surface area contributed by atoms with Crippen molar-refractivity contribution in [3.05, 3.63) is 0 Å². The Labute approximate surface area is 213 Å². The molecule has 16 heteroatoms. The number of carbonyl (C=O) groups excluding carboxylic acids is 4. The average Bonchev–Trinajstić information content (AvgIpc) is 3.32. The number of guanidine groups is 1. The summed E-state index contributed by atoms with van der Waals surface area (Å²) < 4.78 is 0. The molecule has 1 heterocycles. The fourth-order valence-electron chi connectivity index (χ4n) is 3.58. The second-order valence-corrected chi connectivity index (χ2v) is 8.58. The Kier molecular flexibility index (Phi) is 12.8. The number of carboxylic acid groups (broad SMARTS) is 2. The number of nitrogens with zero attached hydrogens (tertiary/aromatic N) is 2. The molecule has 0 unspecified atom stereocenters. The van der Waals surface area contributed by atoms with E-state index in [9.17, 15) is 33.9 Å². The van der Waals surface area contributed by atoms with Crippen molar-refractivity contribution in [3.8, 4) is 0 Å². The topological polar surface area (TPSA) is 273 Å². The van der Waals surface area contributed by atoms with Crippen molar-refractivity contribution >= 4 is 41.5 Å². The van der Waals surface area contributed by atoms with E-state index in [0.717, 1.165) is 0 Å². The van der Waals surface area contributed by atoms with Crippen LogP contribution in [-0.2, 0) is 28.8 Å². The molecule has 0 aliphatic carbocycles. The number of aliphatic imine (C=N–C) groups is 1. The van der Waals surface area contributed by atoms with Crippen molar-refractivity contribution in [3.63, 3.8) is 0 Å². The minimum atomic E-state index is -1.24. The molecule has 1 saturated heterocycles. The molecule has 0 aromatic heterocycles. The van der Waals surface area contributed by atoms with Crippen LogP contribution in [-0.4, -0.2) is 100 Å². The third kappa shape index (κ3) is 11.1. The highest BCUT2D eigenvalue weighted by Crippen LogP contribution is 2.18. The molecule has 0 spiro atoms. The van der Waals surface area contributed by atoms with Crippen molar-refractivity contribution < 1.29 is 39.0 Å². The van der Waals surface area contributed by atoms with Crippen LogP contribution in [0.1, 0.15) is 45.4 Å². The van der Waals surface area contributed by atoms with Gasteiger partial charge in [-0.3, -0.25) is 29.0 Å². The molecule has 1 rings (SSSR count). The van der Waals surface area contributed by atoms with Crippen LogP contribution in [0.25, 0.3) is 0 Å². The van der Waals surface area contributed by atoms with E-state index in [-0.39, 0.29) is 38.3 Å². The monoisotopic (exact) mass is 528 g/mol. The van der Waals surface area contributed by atoms with E-state index >= 15 is 0 Å². The molecular formula is C21H36N8O8. The fourth-order valence-corrected chi connectivity index (χ4v) is 3.58. The molecule has 1 aliphatic heterocycles. The van der Waals surface area contributed by atoms with Crippen molar-refractivity contribution in [2.75, 3.05) is 19.6 Å². The number of amides is 4. The molecule has 16 nitrogen and oxygen atoms in total. The van der Waals surface area contributed by atoms with Gasteiger partial charge in [0.25, 0.3) is 0 Å². The van der Waals surface area contributed by atoms with Gasteiger partial charge in [0.1, 0.15) is 18.1 Å². The predicted octanol–water partition coefficient (Wildman–Crippen LogP) is -3.59.